The summed E-state index contributed by atoms with van der Waals surface area (Å²) in [6.45, 7) is 4.88. The monoisotopic (exact) mass is 197 g/mol. The molecule has 0 aromatic heterocycles. The fraction of sp³-hybridized carbons (Fsp3) is 0.900. The Morgan fingerprint density at radius 1 is 1.57 bits per heavy atom. The van der Waals surface area contributed by atoms with Gasteiger partial charge in [-0.3, -0.25) is 4.79 Å². The van der Waals surface area contributed by atoms with E-state index in [1.54, 1.807) is 0 Å². The molecule has 0 unspecified atom stereocenters. The van der Waals surface area contributed by atoms with Crippen LogP contribution in [0, 0.1) is 11.8 Å². The maximum atomic E-state index is 11.5. The molecule has 0 aromatic carbocycles. The third kappa shape index (κ3) is 2.25. The van der Waals surface area contributed by atoms with Crippen molar-refractivity contribution in [3.8, 4) is 0 Å². The van der Waals surface area contributed by atoms with E-state index in [1.807, 2.05) is 0 Å². The minimum Gasteiger partial charge on any atom is -0.355 e. The number of hydrogen-bond acceptors (Lipinski definition) is 3. The van der Waals surface area contributed by atoms with Gasteiger partial charge in [-0.25, -0.2) is 0 Å². The largest absolute Gasteiger partial charge is 0.355 e. The second-order valence-corrected chi connectivity index (χ2v) is 4.52. The van der Waals surface area contributed by atoms with Gasteiger partial charge in [0, 0.05) is 26.2 Å². The molecule has 2 rings (SSSR count). The number of carbonyl (C=O) groups is 1. The first-order valence-electron chi connectivity index (χ1n) is 5.42. The molecule has 2 saturated heterocycles. The van der Waals surface area contributed by atoms with Gasteiger partial charge in [0.15, 0.2) is 0 Å². The number of carbonyl (C=O) groups excluding carboxylic acids is 1. The minimum absolute atomic E-state index is 0.231. The molecule has 0 spiro atoms. The molecule has 2 N–H and O–H groups in total. The smallest absolute Gasteiger partial charge is 0.225 e. The summed E-state index contributed by atoms with van der Waals surface area (Å²) in [5, 5.41) is 6.15. The molecule has 0 bridgehead atoms. The van der Waals surface area contributed by atoms with E-state index in [9.17, 15) is 4.79 Å². The van der Waals surface area contributed by atoms with Crippen molar-refractivity contribution in [2.75, 3.05) is 39.8 Å². The second-order valence-electron chi connectivity index (χ2n) is 4.52. The van der Waals surface area contributed by atoms with E-state index in [0.29, 0.717) is 5.92 Å². The van der Waals surface area contributed by atoms with Crippen LogP contribution in [0.2, 0.25) is 0 Å². The zero-order valence-electron chi connectivity index (χ0n) is 8.75. The molecule has 1 amide bonds. The molecular weight excluding hydrogens is 178 g/mol. The Morgan fingerprint density at radius 2 is 2.36 bits per heavy atom. The number of hydrogen-bond donors (Lipinski definition) is 2. The van der Waals surface area contributed by atoms with Crippen molar-refractivity contribution in [1.82, 2.24) is 15.5 Å². The fourth-order valence-corrected chi connectivity index (χ4v) is 2.06. The molecule has 4 heteroatoms. The Labute approximate surface area is 85.0 Å². The number of nitrogens with one attached hydrogen (secondary N) is 2. The van der Waals surface area contributed by atoms with Gasteiger partial charge in [0.25, 0.3) is 0 Å². The maximum absolute atomic E-state index is 11.5. The van der Waals surface area contributed by atoms with Gasteiger partial charge in [0.2, 0.25) is 5.91 Å². The number of amides is 1. The maximum Gasteiger partial charge on any atom is 0.225 e. The first-order valence-corrected chi connectivity index (χ1v) is 5.42. The molecule has 2 aliphatic rings. The summed E-state index contributed by atoms with van der Waals surface area (Å²) in [5.74, 6) is 1.13. The SMILES string of the molecule is CN1CC[C@H](CNC(=O)C2CNC2)C1. The molecule has 0 aliphatic carbocycles. The minimum atomic E-state index is 0.231. The molecule has 2 aliphatic heterocycles. The Bertz CT molecular complexity index is 215. The molecule has 0 aromatic rings. The molecule has 1 atom stereocenters. The van der Waals surface area contributed by atoms with Gasteiger partial charge in [-0.15, -0.1) is 0 Å². The van der Waals surface area contributed by atoms with E-state index in [1.165, 1.54) is 13.0 Å². The van der Waals surface area contributed by atoms with Crippen LogP contribution in [0.25, 0.3) is 0 Å². The van der Waals surface area contributed by atoms with Gasteiger partial charge < -0.3 is 15.5 Å². The molecule has 2 fully saturated rings. The summed E-state index contributed by atoms with van der Waals surface area (Å²) in [4.78, 5) is 13.8. The molecule has 0 saturated carbocycles. The lowest BCUT2D eigenvalue weighted by Crippen LogP contribution is -2.51. The van der Waals surface area contributed by atoms with E-state index in [4.69, 9.17) is 0 Å². The fourth-order valence-electron chi connectivity index (χ4n) is 2.06. The summed E-state index contributed by atoms with van der Waals surface area (Å²) in [5.41, 5.74) is 0. The first kappa shape index (κ1) is 9.93. The topological polar surface area (TPSA) is 44.4 Å². The van der Waals surface area contributed by atoms with Crippen LogP contribution in [0.15, 0.2) is 0 Å². The highest BCUT2D eigenvalue weighted by atomic mass is 16.2. The standard InChI is InChI=1S/C10H19N3O/c1-13-3-2-8(7-13)4-12-10(14)9-5-11-6-9/h8-9,11H,2-7H2,1H3,(H,12,14)/t8-/m1/s1. The van der Waals surface area contributed by atoms with E-state index in [0.717, 1.165) is 26.2 Å². The Kier molecular flexibility index (Phi) is 3.03. The highest BCUT2D eigenvalue weighted by Crippen LogP contribution is 2.13. The third-order valence-electron chi connectivity index (χ3n) is 3.21. The van der Waals surface area contributed by atoms with E-state index < -0.39 is 0 Å². The van der Waals surface area contributed by atoms with Crippen LogP contribution < -0.4 is 10.6 Å². The number of rotatable bonds is 3. The van der Waals surface area contributed by atoms with E-state index in [-0.39, 0.29) is 11.8 Å². The third-order valence-corrected chi connectivity index (χ3v) is 3.21. The summed E-state index contributed by atoms with van der Waals surface area (Å²) < 4.78 is 0. The molecule has 0 radical (unpaired) electrons. The van der Waals surface area contributed by atoms with Crippen LogP contribution in [-0.2, 0) is 4.79 Å². The van der Waals surface area contributed by atoms with Crippen molar-refractivity contribution < 1.29 is 4.79 Å². The highest BCUT2D eigenvalue weighted by Gasteiger charge is 2.26. The van der Waals surface area contributed by atoms with Gasteiger partial charge in [-0.1, -0.05) is 0 Å². The summed E-state index contributed by atoms with van der Waals surface area (Å²) in [7, 11) is 2.14. The summed E-state index contributed by atoms with van der Waals surface area (Å²) in [6.07, 6.45) is 1.22. The molecular formula is C10H19N3O. The number of nitrogens with zero attached hydrogens (tertiary/aromatic N) is 1. The zero-order valence-corrected chi connectivity index (χ0v) is 8.75. The second kappa shape index (κ2) is 4.28. The predicted molar refractivity (Wildman–Crippen MR) is 55.0 cm³/mol. The van der Waals surface area contributed by atoms with Crippen molar-refractivity contribution >= 4 is 5.91 Å². The van der Waals surface area contributed by atoms with Crippen LogP contribution in [0.1, 0.15) is 6.42 Å². The van der Waals surface area contributed by atoms with Crippen molar-refractivity contribution in [3.05, 3.63) is 0 Å². The van der Waals surface area contributed by atoms with Crippen molar-refractivity contribution in [2.45, 2.75) is 6.42 Å². The molecule has 14 heavy (non-hydrogen) atoms. The van der Waals surface area contributed by atoms with Crippen LogP contribution in [0.4, 0.5) is 0 Å². The van der Waals surface area contributed by atoms with Crippen LogP contribution >= 0.6 is 0 Å². The average Bonchev–Trinajstić information content (AvgIpc) is 2.45. The normalized spacial score (nSPS) is 28.8. The van der Waals surface area contributed by atoms with Gasteiger partial charge in [0.1, 0.15) is 0 Å². The van der Waals surface area contributed by atoms with Gasteiger partial charge in [-0.2, -0.15) is 0 Å². The molecule has 2 heterocycles. The van der Waals surface area contributed by atoms with Gasteiger partial charge in [0.05, 0.1) is 5.92 Å². The van der Waals surface area contributed by atoms with Gasteiger partial charge in [-0.05, 0) is 25.9 Å². The Hall–Kier alpha value is -0.610. The van der Waals surface area contributed by atoms with Crippen molar-refractivity contribution in [2.24, 2.45) is 11.8 Å². The molecule has 4 nitrogen and oxygen atoms in total. The quantitative estimate of drug-likeness (QED) is 0.627. The zero-order chi connectivity index (χ0) is 9.97. The summed E-state index contributed by atoms with van der Waals surface area (Å²) >= 11 is 0. The first-order chi connectivity index (χ1) is 6.75. The lowest BCUT2D eigenvalue weighted by molar-refractivity contribution is -0.126. The average molecular weight is 197 g/mol. The van der Waals surface area contributed by atoms with Crippen molar-refractivity contribution in [3.63, 3.8) is 0 Å². The lowest BCUT2D eigenvalue weighted by Gasteiger charge is -2.26. The molecule has 80 valence electrons. The van der Waals surface area contributed by atoms with E-state index >= 15 is 0 Å². The lowest BCUT2D eigenvalue weighted by atomic mass is 10.0. The van der Waals surface area contributed by atoms with Crippen LogP contribution in [0.5, 0.6) is 0 Å². The van der Waals surface area contributed by atoms with E-state index in [2.05, 4.69) is 22.6 Å². The van der Waals surface area contributed by atoms with Crippen LogP contribution in [0.3, 0.4) is 0 Å². The van der Waals surface area contributed by atoms with Gasteiger partial charge >= 0.3 is 0 Å². The van der Waals surface area contributed by atoms with Crippen molar-refractivity contribution in [1.29, 1.82) is 0 Å². The Morgan fingerprint density at radius 3 is 2.86 bits per heavy atom. The van der Waals surface area contributed by atoms with Crippen LogP contribution in [-0.4, -0.2) is 50.6 Å². The highest BCUT2D eigenvalue weighted by molar-refractivity contribution is 5.79. The summed E-state index contributed by atoms with van der Waals surface area (Å²) in [6, 6.07) is 0. The number of likely N-dealkylation sites (tertiary alicyclic amines) is 1. The predicted octanol–water partition coefficient (Wildman–Crippen LogP) is -0.726. The Balaban J connectivity index is 1.64.